The summed E-state index contributed by atoms with van der Waals surface area (Å²) in [5.74, 6) is 1.78. The van der Waals surface area contributed by atoms with Gasteiger partial charge >= 0.3 is 0 Å². The van der Waals surface area contributed by atoms with Crippen LogP contribution in [0.25, 0.3) is 0 Å². The van der Waals surface area contributed by atoms with Crippen molar-refractivity contribution in [1.29, 1.82) is 0 Å². The molecule has 0 unspecified atom stereocenters. The third-order valence-electron chi connectivity index (χ3n) is 4.27. The minimum Gasteiger partial charge on any atom is -0.490 e. The first-order valence-electron chi connectivity index (χ1n) is 10.1. The Balaban J connectivity index is 1.48. The van der Waals surface area contributed by atoms with Gasteiger partial charge in [0.1, 0.15) is 19.0 Å². The number of para-hydroxylation sites is 1. The van der Waals surface area contributed by atoms with Crippen molar-refractivity contribution in [3.8, 4) is 17.2 Å². The van der Waals surface area contributed by atoms with Crippen LogP contribution >= 0.6 is 0 Å². The molecule has 3 aromatic rings. The molecule has 158 valence electrons. The zero-order valence-electron chi connectivity index (χ0n) is 17.1. The molecule has 0 saturated carbocycles. The normalized spacial score (nSPS) is 10.4. The quantitative estimate of drug-likeness (QED) is 0.463. The van der Waals surface area contributed by atoms with Gasteiger partial charge in [0, 0.05) is 31.0 Å². The zero-order valence-corrected chi connectivity index (χ0v) is 17.1. The second-order valence-electron chi connectivity index (χ2n) is 6.48. The molecule has 0 aliphatic carbocycles. The molecule has 0 aliphatic heterocycles. The van der Waals surface area contributed by atoms with Gasteiger partial charge in [-0.25, -0.2) is 0 Å². The van der Waals surface area contributed by atoms with Crippen LogP contribution in [0.3, 0.4) is 0 Å². The van der Waals surface area contributed by atoms with Gasteiger partial charge in [-0.1, -0.05) is 18.2 Å². The Labute approximate surface area is 176 Å². The lowest BCUT2D eigenvalue weighted by molar-refractivity contribution is 0.0952. The van der Waals surface area contributed by atoms with E-state index in [0.29, 0.717) is 43.4 Å². The van der Waals surface area contributed by atoms with E-state index in [4.69, 9.17) is 14.2 Å². The van der Waals surface area contributed by atoms with Gasteiger partial charge in [0.25, 0.3) is 5.91 Å². The number of nitrogens with one attached hydrogen (secondary N) is 1. The maximum absolute atomic E-state index is 12.4. The maximum Gasteiger partial charge on any atom is 0.251 e. The largest absolute Gasteiger partial charge is 0.490 e. The van der Waals surface area contributed by atoms with Crippen LogP contribution in [0.4, 0.5) is 0 Å². The van der Waals surface area contributed by atoms with Gasteiger partial charge in [-0.2, -0.15) is 5.10 Å². The Hall–Kier alpha value is -3.48. The van der Waals surface area contributed by atoms with Crippen molar-refractivity contribution >= 4 is 5.91 Å². The van der Waals surface area contributed by atoms with E-state index in [1.165, 1.54) is 0 Å². The SMILES string of the molecule is CCOc1cc(C(=O)NCCCn2cccn2)ccc1OCCOc1ccccc1. The van der Waals surface area contributed by atoms with Crippen LogP contribution in [0.1, 0.15) is 23.7 Å². The summed E-state index contributed by atoms with van der Waals surface area (Å²) in [4.78, 5) is 12.4. The van der Waals surface area contributed by atoms with E-state index in [1.807, 2.05) is 54.2 Å². The van der Waals surface area contributed by atoms with Crippen molar-refractivity contribution in [2.45, 2.75) is 19.9 Å². The molecule has 0 spiro atoms. The van der Waals surface area contributed by atoms with Crippen molar-refractivity contribution in [3.05, 3.63) is 72.6 Å². The van der Waals surface area contributed by atoms with Gasteiger partial charge in [0.15, 0.2) is 11.5 Å². The monoisotopic (exact) mass is 409 g/mol. The average molecular weight is 409 g/mol. The third kappa shape index (κ3) is 6.55. The molecule has 0 radical (unpaired) electrons. The molecule has 0 atom stereocenters. The lowest BCUT2D eigenvalue weighted by Crippen LogP contribution is -2.25. The van der Waals surface area contributed by atoms with Crippen LogP contribution in [-0.4, -0.2) is 42.1 Å². The number of benzene rings is 2. The summed E-state index contributed by atoms with van der Waals surface area (Å²) in [7, 11) is 0. The molecule has 2 aromatic carbocycles. The molecule has 1 amide bonds. The summed E-state index contributed by atoms with van der Waals surface area (Å²) in [5.41, 5.74) is 0.533. The van der Waals surface area contributed by atoms with E-state index >= 15 is 0 Å². The highest BCUT2D eigenvalue weighted by atomic mass is 16.5. The number of ether oxygens (including phenoxy) is 3. The summed E-state index contributed by atoms with van der Waals surface area (Å²) in [6.07, 6.45) is 4.44. The molecule has 0 aliphatic rings. The summed E-state index contributed by atoms with van der Waals surface area (Å²) in [6.45, 7) is 4.48. The molecule has 7 heteroatoms. The van der Waals surface area contributed by atoms with Crippen molar-refractivity contribution < 1.29 is 19.0 Å². The van der Waals surface area contributed by atoms with Gasteiger partial charge in [0.2, 0.25) is 0 Å². The molecule has 1 N–H and O–H groups in total. The van der Waals surface area contributed by atoms with E-state index in [0.717, 1.165) is 18.7 Å². The minimum atomic E-state index is -0.143. The van der Waals surface area contributed by atoms with Gasteiger partial charge in [0.05, 0.1) is 6.61 Å². The van der Waals surface area contributed by atoms with E-state index in [2.05, 4.69) is 10.4 Å². The smallest absolute Gasteiger partial charge is 0.251 e. The van der Waals surface area contributed by atoms with Gasteiger partial charge in [-0.3, -0.25) is 9.48 Å². The first kappa shape index (κ1) is 21.2. The van der Waals surface area contributed by atoms with Crippen molar-refractivity contribution in [3.63, 3.8) is 0 Å². The highest BCUT2D eigenvalue weighted by molar-refractivity contribution is 5.94. The first-order valence-corrected chi connectivity index (χ1v) is 10.1. The van der Waals surface area contributed by atoms with Gasteiger partial charge in [-0.05, 0) is 49.7 Å². The fourth-order valence-electron chi connectivity index (χ4n) is 2.84. The number of nitrogens with zero attached hydrogens (tertiary/aromatic N) is 2. The van der Waals surface area contributed by atoms with Crippen LogP contribution in [0.2, 0.25) is 0 Å². The molecule has 0 saturated heterocycles. The second-order valence-corrected chi connectivity index (χ2v) is 6.48. The first-order chi connectivity index (χ1) is 14.8. The second kappa shape index (κ2) is 11.5. The summed E-state index contributed by atoms with van der Waals surface area (Å²) < 4.78 is 18.9. The van der Waals surface area contributed by atoms with Gasteiger partial charge in [-0.15, -0.1) is 0 Å². The Morgan fingerprint density at radius 2 is 1.83 bits per heavy atom. The number of hydrogen-bond acceptors (Lipinski definition) is 5. The van der Waals surface area contributed by atoms with E-state index < -0.39 is 0 Å². The predicted molar refractivity (Wildman–Crippen MR) is 114 cm³/mol. The predicted octanol–water partition coefficient (Wildman–Crippen LogP) is 3.56. The summed E-state index contributed by atoms with van der Waals surface area (Å²) in [5, 5.41) is 7.07. The number of aryl methyl sites for hydroxylation is 1. The highest BCUT2D eigenvalue weighted by Crippen LogP contribution is 2.28. The molecule has 0 bridgehead atoms. The number of carbonyl (C=O) groups excluding carboxylic acids is 1. The number of amides is 1. The number of aromatic nitrogens is 2. The van der Waals surface area contributed by atoms with Crippen molar-refractivity contribution in [1.82, 2.24) is 15.1 Å². The Morgan fingerprint density at radius 3 is 2.60 bits per heavy atom. The zero-order chi connectivity index (χ0) is 21.0. The van der Waals surface area contributed by atoms with Crippen LogP contribution in [0.5, 0.6) is 17.2 Å². The molecule has 3 rings (SSSR count). The number of hydrogen-bond donors (Lipinski definition) is 1. The third-order valence-corrected chi connectivity index (χ3v) is 4.27. The highest BCUT2D eigenvalue weighted by Gasteiger charge is 2.11. The summed E-state index contributed by atoms with van der Waals surface area (Å²) in [6, 6.07) is 16.7. The maximum atomic E-state index is 12.4. The molecular weight excluding hydrogens is 382 g/mol. The van der Waals surface area contributed by atoms with Crippen LogP contribution in [-0.2, 0) is 6.54 Å². The van der Waals surface area contributed by atoms with E-state index in [-0.39, 0.29) is 5.91 Å². The van der Waals surface area contributed by atoms with E-state index in [1.54, 1.807) is 24.4 Å². The van der Waals surface area contributed by atoms with Crippen LogP contribution in [0.15, 0.2) is 67.0 Å². The lowest BCUT2D eigenvalue weighted by atomic mass is 10.2. The Kier molecular flexibility index (Phi) is 8.14. The number of rotatable bonds is 12. The number of carbonyl (C=O) groups is 1. The lowest BCUT2D eigenvalue weighted by Gasteiger charge is -2.14. The van der Waals surface area contributed by atoms with E-state index in [9.17, 15) is 4.79 Å². The minimum absolute atomic E-state index is 0.143. The summed E-state index contributed by atoms with van der Waals surface area (Å²) >= 11 is 0. The standard InChI is InChI=1S/C23H27N3O4/c1-2-28-22-18-19(23(27)24-12-6-14-26-15-7-13-25-26)10-11-21(22)30-17-16-29-20-8-4-3-5-9-20/h3-5,7-11,13,15,18H,2,6,12,14,16-17H2,1H3,(H,24,27). The molecule has 0 fully saturated rings. The van der Waals surface area contributed by atoms with Crippen LogP contribution < -0.4 is 19.5 Å². The topological polar surface area (TPSA) is 74.6 Å². The molecule has 7 nitrogen and oxygen atoms in total. The molecule has 30 heavy (non-hydrogen) atoms. The molecule has 1 heterocycles. The van der Waals surface area contributed by atoms with Crippen LogP contribution in [0, 0.1) is 0 Å². The fraction of sp³-hybridized carbons (Fsp3) is 0.304. The Morgan fingerprint density at radius 1 is 1.00 bits per heavy atom. The van der Waals surface area contributed by atoms with Crippen molar-refractivity contribution in [2.24, 2.45) is 0 Å². The van der Waals surface area contributed by atoms with Crippen molar-refractivity contribution in [2.75, 3.05) is 26.4 Å². The van der Waals surface area contributed by atoms with Gasteiger partial charge < -0.3 is 19.5 Å². The Bertz CT molecular complexity index is 898. The fourth-order valence-corrected chi connectivity index (χ4v) is 2.84. The molecular formula is C23H27N3O4. The average Bonchev–Trinajstić information content (AvgIpc) is 3.29. The molecule has 1 aromatic heterocycles.